The van der Waals surface area contributed by atoms with Gasteiger partial charge in [-0.2, -0.15) is 0 Å². The Labute approximate surface area is 148 Å². The zero-order chi connectivity index (χ0) is 18.4. The van der Waals surface area contributed by atoms with Gasteiger partial charge in [0.2, 0.25) is 0 Å². The van der Waals surface area contributed by atoms with Gasteiger partial charge < -0.3 is 20.3 Å². The molecule has 1 atom stereocenters. The molecule has 0 aliphatic carbocycles. The average molecular weight is 343 g/mol. The minimum Gasteiger partial charge on any atom is -0.508 e. The fraction of sp³-hybridized carbons (Fsp3) is 0.350. The second kappa shape index (κ2) is 8.42. The molecule has 0 saturated heterocycles. The van der Waals surface area contributed by atoms with E-state index in [1.165, 1.54) is 18.2 Å². The Kier molecular flexibility index (Phi) is 6.28. The maximum Gasteiger partial charge on any atom is 0.265 e. The van der Waals surface area contributed by atoms with Crippen LogP contribution in [-0.2, 0) is 4.79 Å². The Morgan fingerprint density at radius 1 is 1.16 bits per heavy atom. The molecule has 3 N–H and O–H groups in total. The summed E-state index contributed by atoms with van der Waals surface area (Å²) in [6, 6.07) is 9.80. The van der Waals surface area contributed by atoms with Gasteiger partial charge in [-0.3, -0.25) is 4.79 Å². The van der Waals surface area contributed by atoms with Gasteiger partial charge in [0.25, 0.3) is 5.91 Å². The van der Waals surface area contributed by atoms with E-state index in [0.717, 1.165) is 24.0 Å². The number of ether oxygens (including phenoxy) is 1. The van der Waals surface area contributed by atoms with Crippen LogP contribution in [0.4, 0.5) is 5.69 Å². The van der Waals surface area contributed by atoms with E-state index in [0.29, 0.717) is 12.2 Å². The van der Waals surface area contributed by atoms with Crippen molar-refractivity contribution in [2.24, 2.45) is 0 Å². The summed E-state index contributed by atoms with van der Waals surface area (Å²) in [5.41, 5.74) is 2.26. The first kappa shape index (κ1) is 18.6. The number of benzene rings is 2. The molecule has 1 unspecified atom stereocenters. The van der Waals surface area contributed by atoms with Gasteiger partial charge in [-0.1, -0.05) is 31.0 Å². The van der Waals surface area contributed by atoms with E-state index < -0.39 is 6.10 Å². The van der Waals surface area contributed by atoms with E-state index in [1.54, 1.807) is 0 Å². The molecule has 25 heavy (non-hydrogen) atoms. The molecule has 0 aromatic heterocycles. The summed E-state index contributed by atoms with van der Waals surface area (Å²) in [7, 11) is 0. The Balaban J connectivity index is 2.17. The molecular formula is C20H25NO4. The topological polar surface area (TPSA) is 78.8 Å². The molecule has 2 rings (SSSR count). The third-order valence-corrected chi connectivity index (χ3v) is 3.95. The number of anilines is 1. The predicted octanol–water partition coefficient (Wildman–Crippen LogP) is 4.29. The van der Waals surface area contributed by atoms with Gasteiger partial charge in [-0.05, 0) is 50.5 Å². The third-order valence-electron chi connectivity index (χ3n) is 3.95. The Morgan fingerprint density at radius 3 is 2.60 bits per heavy atom. The van der Waals surface area contributed by atoms with Gasteiger partial charge in [0, 0.05) is 6.07 Å². The Hall–Kier alpha value is -2.69. The van der Waals surface area contributed by atoms with Crippen molar-refractivity contribution >= 4 is 11.6 Å². The first-order valence-corrected chi connectivity index (χ1v) is 8.47. The lowest BCUT2D eigenvalue weighted by molar-refractivity contribution is -0.123. The van der Waals surface area contributed by atoms with E-state index in [1.807, 2.05) is 39.0 Å². The van der Waals surface area contributed by atoms with Gasteiger partial charge in [0.05, 0.1) is 5.69 Å². The van der Waals surface area contributed by atoms with Gasteiger partial charge in [0.1, 0.15) is 17.2 Å². The number of carbonyl (C=O) groups is 1. The van der Waals surface area contributed by atoms with E-state index >= 15 is 0 Å². The third kappa shape index (κ3) is 5.14. The lowest BCUT2D eigenvalue weighted by Gasteiger charge is -2.20. The lowest BCUT2D eigenvalue weighted by atomic mass is 10.1. The van der Waals surface area contributed by atoms with Crippen molar-refractivity contribution in [1.29, 1.82) is 0 Å². The molecule has 0 radical (unpaired) electrons. The molecule has 5 heteroatoms. The molecule has 2 aromatic rings. The minimum atomic E-state index is -0.678. The van der Waals surface area contributed by atoms with Crippen LogP contribution in [0, 0.1) is 13.8 Å². The maximum atomic E-state index is 12.6. The highest BCUT2D eigenvalue weighted by Crippen LogP contribution is 2.28. The van der Waals surface area contributed by atoms with Crippen LogP contribution in [0.2, 0.25) is 0 Å². The molecule has 2 aromatic carbocycles. The lowest BCUT2D eigenvalue weighted by Crippen LogP contribution is -2.33. The van der Waals surface area contributed by atoms with Crippen LogP contribution >= 0.6 is 0 Å². The molecule has 0 fully saturated rings. The van der Waals surface area contributed by atoms with Crippen molar-refractivity contribution in [2.75, 3.05) is 5.32 Å². The SMILES string of the molecule is CCCCC(Oc1ccc(C)cc1C)C(=O)Nc1cc(O)ccc1O. The number of aryl methyl sites for hydroxylation is 2. The molecule has 0 aliphatic heterocycles. The number of rotatable bonds is 7. The molecule has 1 amide bonds. The zero-order valence-corrected chi connectivity index (χ0v) is 14.9. The fourth-order valence-electron chi connectivity index (χ4n) is 2.56. The van der Waals surface area contributed by atoms with Crippen LogP contribution in [0.5, 0.6) is 17.2 Å². The standard InChI is InChI=1S/C20H25NO4/c1-4-5-6-19(25-18-10-7-13(2)11-14(18)3)20(24)21-16-12-15(22)8-9-17(16)23/h7-12,19,22-23H,4-6H2,1-3H3,(H,21,24). The number of carbonyl (C=O) groups excluding carboxylic acids is 1. The summed E-state index contributed by atoms with van der Waals surface area (Å²) < 4.78 is 5.95. The summed E-state index contributed by atoms with van der Waals surface area (Å²) in [4.78, 5) is 12.6. The van der Waals surface area contributed by atoms with Crippen molar-refractivity contribution in [3.63, 3.8) is 0 Å². The second-order valence-corrected chi connectivity index (χ2v) is 6.21. The number of nitrogens with one attached hydrogen (secondary N) is 1. The van der Waals surface area contributed by atoms with E-state index in [2.05, 4.69) is 5.32 Å². The number of hydrogen-bond donors (Lipinski definition) is 3. The largest absolute Gasteiger partial charge is 0.508 e. The molecule has 0 saturated carbocycles. The summed E-state index contributed by atoms with van der Waals surface area (Å²) in [5.74, 6) is 0.178. The van der Waals surface area contributed by atoms with E-state index in [9.17, 15) is 15.0 Å². The Bertz CT molecular complexity index is 742. The zero-order valence-electron chi connectivity index (χ0n) is 14.9. The Morgan fingerprint density at radius 2 is 1.92 bits per heavy atom. The summed E-state index contributed by atoms with van der Waals surface area (Å²) in [5, 5.41) is 22.0. The smallest absolute Gasteiger partial charge is 0.265 e. The molecule has 134 valence electrons. The van der Waals surface area contributed by atoms with E-state index in [-0.39, 0.29) is 23.1 Å². The van der Waals surface area contributed by atoms with Crippen molar-refractivity contribution in [2.45, 2.75) is 46.1 Å². The quantitative estimate of drug-likeness (QED) is 0.517. The molecule has 5 nitrogen and oxygen atoms in total. The predicted molar refractivity (Wildman–Crippen MR) is 98.3 cm³/mol. The van der Waals surface area contributed by atoms with E-state index in [4.69, 9.17) is 4.74 Å². The van der Waals surface area contributed by atoms with Crippen LogP contribution in [0.25, 0.3) is 0 Å². The van der Waals surface area contributed by atoms with Crippen LogP contribution in [0.15, 0.2) is 36.4 Å². The maximum absolute atomic E-state index is 12.6. The number of amides is 1. The number of phenolic OH excluding ortho intramolecular Hbond substituents is 2. The van der Waals surface area contributed by atoms with Crippen molar-refractivity contribution in [3.05, 3.63) is 47.5 Å². The molecular weight excluding hydrogens is 318 g/mol. The fourth-order valence-corrected chi connectivity index (χ4v) is 2.56. The molecule has 0 spiro atoms. The summed E-state index contributed by atoms with van der Waals surface area (Å²) >= 11 is 0. The first-order valence-electron chi connectivity index (χ1n) is 8.47. The molecule has 0 bridgehead atoms. The van der Waals surface area contributed by atoms with Crippen LogP contribution < -0.4 is 10.1 Å². The summed E-state index contributed by atoms with van der Waals surface area (Å²) in [6.07, 6.45) is 1.67. The van der Waals surface area contributed by atoms with Gasteiger partial charge in [-0.15, -0.1) is 0 Å². The van der Waals surface area contributed by atoms with Crippen molar-refractivity contribution in [1.82, 2.24) is 0 Å². The van der Waals surface area contributed by atoms with Crippen molar-refractivity contribution < 1.29 is 19.7 Å². The highest BCUT2D eigenvalue weighted by atomic mass is 16.5. The van der Waals surface area contributed by atoms with Crippen LogP contribution in [0.3, 0.4) is 0 Å². The van der Waals surface area contributed by atoms with Crippen LogP contribution in [-0.4, -0.2) is 22.2 Å². The number of phenols is 2. The molecule has 0 aliphatic rings. The minimum absolute atomic E-state index is 0.0338. The highest BCUT2D eigenvalue weighted by Gasteiger charge is 2.22. The average Bonchev–Trinajstić information content (AvgIpc) is 2.56. The van der Waals surface area contributed by atoms with Crippen LogP contribution in [0.1, 0.15) is 37.3 Å². The van der Waals surface area contributed by atoms with Gasteiger partial charge in [0.15, 0.2) is 6.10 Å². The number of hydrogen-bond acceptors (Lipinski definition) is 4. The monoisotopic (exact) mass is 343 g/mol. The first-order chi connectivity index (χ1) is 11.9. The number of unbranched alkanes of at least 4 members (excludes halogenated alkanes) is 1. The number of aromatic hydroxyl groups is 2. The highest BCUT2D eigenvalue weighted by molar-refractivity contribution is 5.95. The summed E-state index contributed by atoms with van der Waals surface area (Å²) in [6.45, 7) is 5.99. The van der Waals surface area contributed by atoms with Crippen molar-refractivity contribution in [3.8, 4) is 17.2 Å². The second-order valence-electron chi connectivity index (χ2n) is 6.21. The van der Waals surface area contributed by atoms with Gasteiger partial charge in [-0.25, -0.2) is 0 Å². The normalized spacial score (nSPS) is 11.8. The van der Waals surface area contributed by atoms with Gasteiger partial charge >= 0.3 is 0 Å². The molecule has 0 heterocycles.